The van der Waals surface area contributed by atoms with E-state index in [9.17, 15) is 4.79 Å². The molecule has 5 heteroatoms. The molecular formula is C16H27N3O2. The zero-order valence-corrected chi connectivity index (χ0v) is 13.5. The van der Waals surface area contributed by atoms with Crippen LogP contribution < -0.4 is 10.6 Å². The summed E-state index contributed by atoms with van der Waals surface area (Å²) in [5.41, 5.74) is 0.605. The Labute approximate surface area is 127 Å². The number of hydrogen-bond acceptors (Lipinski definition) is 4. The molecule has 5 nitrogen and oxygen atoms in total. The van der Waals surface area contributed by atoms with E-state index in [0.717, 1.165) is 25.1 Å². The molecule has 1 aromatic rings. The largest absolute Gasteiger partial charge is 0.444 e. The highest BCUT2D eigenvalue weighted by atomic mass is 16.6. The predicted octanol–water partition coefficient (Wildman–Crippen LogP) is 3.04. The van der Waals surface area contributed by atoms with Crippen molar-refractivity contribution >= 4 is 6.09 Å². The van der Waals surface area contributed by atoms with Crippen molar-refractivity contribution in [2.24, 2.45) is 0 Å². The zero-order valence-electron chi connectivity index (χ0n) is 13.5. The van der Waals surface area contributed by atoms with E-state index in [0.29, 0.717) is 6.54 Å². The third-order valence-electron chi connectivity index (χ3n) is 2.85. The maximum absolute atomic E-state index is 11.4. The summed E-state index contributed by atoms with van der Waals surface area (Å²) in [4.78, 5) is 15.7. The fourth-order valence-electron chi connectivity index (χ4n) is 1.81. The average molecular weight is 293 g/mol. The fourth-order valence-corrected chi connectivity index (χ4v) is 1.81. The highest BCUT2D eigenvalue weighted by Crippen LogP contribution is 2.08. The van der Waals surface area contributed by atoms with E-state index in [1.54, 1.807) is 6.20 Å². The molecule has 1 unspecified atom stereocenters. The van der Waals surface area contributed by atoms with Crippen LogP contribution in [0, 0.1) is 0 Å². The molecule has 1 amide bonds. The van der Waals surface area contributed by atoms with E-state index in [-0.39, 0.29) is 12.1 Å². The van der Waals surface area contributed by atoms with Gasteiger partial charge in [0.05, 0.1) is 5.69 Å². The quantitative estimate of drug-likeness (QED) is 0.759. The van der Waals surface area contributed by atoms with Crippen LogP contribution in [-0.4, -0.2) is 29.8 Å². The van der Waals surface area contributed by atoms with E-state index >= 15 is 0 Å². The molecule has 0 aromatic carbocycles. The number of pyridine rings is 1. The topological polar surface area (TPSA) is 63.2 Å². The third kappa shape index (κ3) is 8.30. The van der Waals surface area contributed by atoms with Gasteiger partial charge in [-0.2, -0.15) is 0 Å². The van der Waals surface area contributed by atoms with Gasteiger partial charge in [-0.3, -0.25) is 4.98 Å². The van der Waals surface area contributed by atoms with Crippen LogP contribution in [0.2, 0.25) is 0 Å². The SMILES string of the molecule is CC(NCCCCNC(=O)OC(C)(C)C)c1ccccn1. The first kappa shape index (κ1) is 17.4. The van der Waals surface area contributed by atoms with Gasteiger partial charge in [-0.15, -0.1) is 0 Å². The third-order valence-corrected chi connectivity index (χ3v) is 2.85. The first-order chi connectivity index (χ1) is 9.88. The highest BCUT2D eigenvalue weighted by Gasteiger charge is 2.15. The molecule has 0 saturated carbocycles. The molecule has 21 heavy (non-hydrogen) atoms. The molecule has 0 saturated heterocycles. The molecule has 1 heterocycles. The molecule has 1 atom stereocenters. The molecule has 118 valence electrons. The standard InChI is InChI=1S/C16H27N3O2/c1-13(14-9-5-6-11-18-14)17-10-7-8-12-19-15(20)21-16(2,3)4/h5-6,9,11,13,17H,7-8,10,12H2,1-4H3,(H,19,20). The summed E-state index contributed by atoms with van der Waals surface area (Å²) in [6.07, 6.45) is 3.36. The Morgan fingerprint density at radius 3 is 2.62 bits per heavy atom. The Bertz CT molecular complexity index is 415. The number of carbonyl (C=O) groups excluding carboxylic acids is 1. The summed E-state index contributed by atoms with van der Waals surface area (Å²) in [6.45, 7) is 9.20. The summed E-state index contributed by atoms with van der Waals surface area (Å²) in [5.74, 6) is 0. The van der Waals surface area contributed by atoms with Gasteiger partial charge in [-0.05, 0) is 59.2 Å². The van der Waals surface area contributed by atoms with Gasteiger partial charge in [0, 0.05) is 18.8 Å². The molecule has 1 aromatic heterocycles. The van der Waals surface area contributed by atoms with Crippen molar-refractivity contribution in [1.29, 1.82) is 0 Å². The lowest BCUT2D eigenvalue weighted by atomic mass is 10.2. The van der Waals surface area contributed by atoms with Gasteiger partial charge in [0.25, 0.3) is 0 Å². The Kier molecular flexibility index (Phi) is 7.15. The Balaban J connectivity index is 2.06. The number of unbranched alkanes of at least 4 members (excludes halogenated alkanes) is 1. The monoisotopic (exact) mass is 293 g/mol. The number of hydrogen-bond donors (Lipinski definition) is 2. The van der Waals surface area contributed by atoms with Gasteiger partial charge in [0.2, 0.25) is 0 Å². The molecule has 0 radical (unpaired) electrons. The van der Waals surface area contributed by atoms with Crippen molar-refractivity contribution in [2.45, 2.75) is 52.2 Å². The second-order valence-corrected chi connectivity index (χ2v) is 6.07. The van der Waals surface area contributed by atoms with E-state index < -0.39 is 5.60 Å². The summed E-state index contributed by atoms with van der Waals surface area (Å²) < 4.78 is 5.17. The van der Waals surface area contributed by atoms with Crippen molar-refractivity contribution in [3.8, 4) is 0 Å². The van der Waals surface area contributed by atoms with Crippen LogP contribution in [0.1, 0.15) is 52.3 Å². The maximum atomic E-state index is 11.4. The molecule has 0 spiro atoms. The molecule has 0 aliphatic carbocycles. The van der Waals surface area contributed by atoms with Gasteiger partial charge < -0.3 is 15.4 Å². The summed E-state index contributed by atoms with van der Waals surface area (Å²) in [6, 6.07) is 6.16. The second-order valence-electron chi connectivity index (χ2n) is 6.07. The van der Waals surface area contributed by atoms with Crippen molar-refractivity contribution in [3.63, 3.8) is 0 Å². The Hall–Kier alpha value is -1.62. The number of carbonyl (C=O) groups is 1. The number of ether oxygens (including phenoxy) is 1. The van der Waals surface area contributed by atoms with Crippen molar-refractivity contribution < 1.29 is 9.53 Å². The predicted molar refractivity (Wildman–Crippen MR) is 84.1 cm³/mol. The van der Waals surface area contributed by atoms with Gasteiger partial charge in [-0.1, -0.05) is 6.07 Å². The van der Waals surface area contributed by atoms with E-state index in [4.69, 9.17) is 4.74 Å². The van der Waals surface area contributed by atoms with Crippen LogP contribution in [0.25, 0.3) is 0 Å². The molecule has 0 fully saturated rings. The number of nitrogens with zero attached hydrogens (tertiary/aromatic N) is 1. The van der Waals surface area contributed by atoms with Crippen LogP contribution >= 0.6 is 0 Å². The van der Waals surface area contributed by atoms with Crippen LogP contribution in [-0.2, 0) is 4.74 Å². The van der Waals surface area contributed by atoms with Crippen LogP contribution in [0.4, 0.5) is 4.79 Å². The lowest BCUT2D eigenvalue weighted by Gasteiger charge is -2.19. The first-order valence-corrected chi connectivity index (χ1v) is 7.49. The number of alkyl carbamates (subject to hydrolysis) is 1. The summed E-state index contributed by atoms with van der Waals surface area (Å²) in [7, 11) is 0. The number of rotatable bonds is 7. The second kappa shape index (κ2) is 8.62. The number of amides is 1. The lowest BCUT2D eigenvalue weighted by Crippen LogP contribution is -2.33. The minimum absolute atomic E-state index is 0.241. The van der Waals surface area contributed by atoms with Crippen molar-refractivity contribution in [3.05, 3.63) is 30.1 Å². The van der Waals surface area contributed by atoms with Gasteiger partial charge in [0.15, 0.2) is 0 Å². The van der Waals surface area contributed by atoms with Crippen LogP contribution in [0.5, 0.6) is 0 Å². The number of aromatic nitrogens is 1. The summed E-state index contributed by atoms with van der Waals surface area (Å²) in [5, 5.41) is 6.18. The van der Waals surface area contributed by atoms with Crippen LogP contribution in [0.15, 0.2) is 24.4 Å². The van der Waals surface area contributed by atoms with E-state index in [1.165, 1.54) is 0 Å². The van der Waals surface area contributed by atoms with Crippen LogP contribution in [0.3, 0.4) is 0 Å². The van der Waals surface area contributed by atoms with Gasteiger partial charge in [0.1, 0.15) is 5.60 Å². The maximum Gasteiger partial charge on any atom is 0.407 e. The molecule has 2 N–H and O–H groups in total. The number of nitrogens with one attached hydrogen (secondary N) is 2. The minimum atomic E-state index is -0.441. The fraction of sp³-hybridized carbons (Fsp3) is 0.625. The average Bonchev–Trinajstić information content (AvgIpc) is 2.41. The Morgan fingerprint density at radius 2 is 2.00 bits per heavy atom. The smallest absolute Gasteiger partial charge is 0.407 e. The normalized spacial score (nSPS) is 12.8. The van der Waals surface area contributed by atoms with Crippen molar-refractivity contribution in [2.75, 3.05) is 13.1 Å². The van der Waals surface area contributed by atoms with Crippen molar-refractivity contribution in [1.82, 2.24) is 15.6 Å². The van der Waals surface area contributed by atoms with E-state index in [2.05, 4.69) is 22.5 Å². The Morgan fingerprint density at radius 1 is 1.29 bits per heavy atom. The van der Waals surface area contributed by atoms with Gasteiger partial charge >= 0.3 is 6.09 Å². The van der Waals surface area contributed by atoms with E-state index in [1.807, 2.05) is 39.0 Å². The zero-order chi connectivity index (χ0) is 15.7. The summed E-state index contributed by atoms with van der Waals surface area (Å²) >= 11 is 0. The highest BCUT2D eigenvalue weighted by molar-refractivity contribution is 5.67. The van der Waals surface area contributed by atoms with Gasteiger partial charge in [-0.25, -0.2) is 4.79 Å². The molecular weight excluding hydrogens is 266 g/mol. The molecule has 0 aliphatic heterocycles. The molecule has 1 rings (SSSR count). The molecule has 0 aliphatic rings. The minimum Gasteiger partial charge on any atom is -0.444 e. The lowest BCUT2D eigenvalue weighted by molar-refractivity contribution is 0.0527. The molecule has 0 bridgehead atoms. The first-order valence-electron chi connectivity index (χ1n) is 7.49.